The Balaban J connectivity index is 1.46. The van der Waals surface area contributed by atoms with Crippen LogP contribution in [-0.4, -0.2) is 71.7 Å². The number of anilines is 3. The minimum absolute atomic E-state index is 0.249. The van der Waals surface area contributed by atoms with E-state index in [4.69, 9.17) is 9.72 Å². The SMILES string of the molecule is Cc1ccc(NC(=O)c2cnnc(C(F)(F)F)c2)cc1-c1cc(N2CCOCC2)nc(N2CC(O)C2)c1. The topological polar surface area (TPSA) is 104 Å². The number of carbonyl (C=O) groups is 1. The van der Waals surface area contributed by atoms with Crippen LogP contribution in [0.25, 0.3) is 11.1 Å². The number of nitrogens with one attached hydrogen (secondary N) is 1. The van der Waals surface area contributed by atoms with Crippen molar-refractivity contribution in [3.05, 3.63) is 59.4 Å². The lowest BCUT2D eigenvalue weighted by atomic mass is 9.99. The molecule has 1 amide bonds. The number of aryl methyl sites for hydroxylation is 1. The van der Waals surface area contributed by atoms with Crippen LogP contribution in [0, 0.1) is 6.92 Å². The van der Waals surface area contributed by atoms with Crippen LogP contribution in [0.15, 0.2) is 42.6 Å². The zero-order chi connectivity index (χ0) is 26.2. The highest BCUT2D eigenvalue weighted by atomic mass is 19.4. The fraction of sp³-hybridized carbons (Fsp3) is 0.360. The number of amides is 1. The number of morpholine rings is 1. The van der Waals surface area contributed by atoms with Gasteiger partial charge in [0, 0.05) is 31.9 Å². The van der Waals surface area contributed by atoms with Crippen LogP contribution in [0.3, 0.4) is 0 Å². The van der Waals surface area contributed by atoms with Gasteiger partial charge in [-0.1, -0.05) is 6.07 Å². The standard InChI is InChI=1S/C25H25F3N6O3/c1-15-2-3-18(30-24(36)17-8-21(25(26,27)28)32-29-12-17)11-20(15)16-9-22(33-4-6-37-7-5-33)31-23(10-16)34-13-19(35)14-34/h2-3,8-12,19,35H,4-7,13-14H2,1H3,(H,30,36). The molecule has 9 nitrogen and oxygen atoms in total. The van der Waals surface area contributed by atoms with Gasteiger partial charge in [0.25, 0.3) is 5.91 Å². The van der Waals surface area contributed by atoms with Gasteiger partial charge in [-0.05, 0) is 53.9 Å². The van der Waals surface area contributed by atoms with E-state index < -0.39 is 23.9 Å². The summed E-state index contributed by atoms with van der Waals surface area (Å²) in [5.74, 6) is 0.795. The molecule has 194 valence electrons. The zero-order valence-corrected chi connectivity index (χ0v) is 20.0. The summed E-state index contributed by atoms with van der Waals surface area (Å²) in [7, 11) is 0. The molecule has 0 saturated carbocycles. The maximum absolute atomic E-state index is 13.0. The molecule has 0 atom stereocenters. The Morgan fingerprint density at radius 1 is 1.08 bits per heavy atom. The minimum atomic E-state index is -4.70. The second-order valence-corrected chi connectivity index (χ2v) is 9.04. The maximum Gasteiger partial charge on any atom is 0.435 e. The monoisotopic (exact) mass is 514 g/mol. The number of benzene rings is 1. The van der Waals surface area contributed by atoms with Crippen LogP contribution >= 0.6 is 0 Å². The van der Waals surface area contributed by atoms with Crippen molar-refractivity contribution in [1.82, 2.24) is 15.2 Å². The van der Waals surface area contributed by atoms with Gasteiger partial charge in [-0.2, -0.15) is 18.3 Å². The lowest BCUT2D eigenvalue weighted by Crippen LogP contribution is -2.51. The molecular formula is C25H25F3N6O3. The van der Waals surface area contributed by atoms with E-state index in [-0.39, 0.29) is 5.56 Å². The van der Waals surface area contributed by atoms with E-state index >= 15 is 0 Å². The molecule has 37 heavy (non-hydrogen) atoms. The highest BCUT2D eigenvalue weighted by Crippen LogP contribution is 2.34. The van der Waals surface area contributed by atoms with Gasteiger partial charge in [-0.15, -0.1) is 5.10 Å². The fourth-order valence-corrected chi connectivity index (χ4v) is 4.26. The molecular weight excluding hydrogens is 489 g/mol. The summed E-state index contributed by atoms with van der Waals surface area (Å²) in [6.45, 7) is 5.53. The van der Waals surface area contributed by atoms with Gasteiger partial charge in [-0.25, -0.2) is 4.98 Å². The van der Waals surface area contributed by atoms with Crippen molar-refractivity contribution in [1.29, 1.82) is 0 Å². The number of halogens is 3. The molecule has 0 bridgehead atoms. The first kappa shape index (κ1) is 24.9. The lowest BCUT2D eigenvalue weighted by molar-refractivity contribution is -0.141. The molecule has 0 radical (unpaired) electrons. The molecule has 2 aliphatic rings. The summed E-state index contributed by atoms with van der Waals surface area (Å²) in [5, 5.41) is 18.8. The molecule has 0 unspecified atom stereocenters. The average Bonchev–Trinajstić information content (AvgIpc) is 2.87. The highest BCUT2D eigenvalue weighted by Gasteiger charge is 2.34. The highest BCUT2D eigenvalue weighted by molar-refractivity contribution is 6.04. The third-order valence-electron chi connectivity index (χ3n) is 6.33. The van der Waals surface area contributed by atoms with Gasteiger partial charge in [0.2, 0.25) is 0 Å². The number of rotatable bonds is 5. The largest absolute Gasteiger partial charge is 0.435 e. The van der Waals surface area contributed by atoms with Crippen molar-refractivity contribution in [3.8, 4) is 11.1 Å². The van der Waals surface area contributed by atoms with Gasteiger partial charge in [0.1, 0.15) is 11.6 Å². The van der Waals surface area contributed by atoms with Gasteiger partial charge < -0.3 is 25.0 Å². The molecule has 0 aliphatic carbocycles. The van der Waals surface area contributed by atoms with Crippen LogP contribution in [-0.2, 0) is 10.9 Å². The number of β-amino-alcohol motifs (C(OH)–C–C–N with tert-alkyl or cyclic N) is 1. The Morgan fingerprint density at radius 2 is 1.78 bits per heavy atom. The number of pyridine rings is 1. The van der Waals surface area contributed by atoms with Crippen molar-refractivity contribution >= 4 is 23.2 Å². The van der Waals surface area contributed by atoms with E-state index in [2.05, 4.69) is 20.4 Å². The molecule has 2 saturated heterocycles. The summed E-state index contributed by atoms with van der Waals surface area (Å²) in [6.07, 6.45) is -4.10. The Labute approximate surface area is 210 Å². The zero-order valence-electron chi connectivity index (χ0n) is 20.0. The normalized spacial score (nSPS) is 16.5. The van der Waals surface area contributed by atoms with E-state index in [0.29, 0.717) is 51.1 Å². The molecule has 2 aliphatic heterocycles. The molecule has 12 heteroatoms. The Bertz CT molecular complexity index is 1310. The number of aliphatic hydroxyl groups excluding tert-OH is 1. The van der Waals surface area contributed by atoms with E-state index in [1.165, 1.54) is 0 Å². The van der Waals surface area contributed by atoms with Crippen molar-refractivity contribution in [2.24, 2.45) is 0 Å². The average molecular weight is 515 g/mol. The molecule has 0 spiro atoms. The Hall–Kier alpha value is -3.77. The quantitative estimate of drug-likeness (QED) is 0.536. The van der Waals surface area contributed by atoms with E-state index in [0.717, 1.165) is 34.5 Å². The predicted octanol–water partition coefficient (Wildman–Crippen LogP) is 3.14. The summed E-state index contributed by atoms with van der Waals surface area (Å²) >= 11 is 0. The third-order valence-corrected chi connectivity index (χ3v) is 6.33. The maximum atomic E-state index is 13.0. The molecule has 4 heterocycles. The van der Waals surface area contributed by atoms with Crippen LogP contribution in [0.1, 0.15) is 21.6 Å². The first-order valence-electron chi connectivity index (χ1n) is 11.8. The number of hydrogen-bond donors (Lipinski definition) is 2. The van der Waals surface area contributed by atoms with Gasteiger partial charge >= 0.3 is 6.18 Å². The number of ether oxygens (including phenoxy) is 1. The van der Waals surface area contributed by atoms with Crippen LogP contribution in [0.2, 0.25) is 0 Å². The van der Waals surface area contributed by atoms with Gasteiger partial charge in [-0.3, -0.25) is 4.79 Å². The first-order valence-corrected chi connectivity index (χ1v) is 11.8. The van der Waals surface area contributed by atoms with E-state index in [9.17, 15) is 23.1 Å². The summed E-state index contributed by atoms with van der Waals surface area (Å²) < 4.78 is 44.4. The van der Waals surface area contributed by atoms with E-state index in [1.54, 1.807) is 12.1 Å². The lowest BCUT2D eigenvalue weighted by Gasteiger charge is -2.38. The van der Waals surface area contributed by atoms with Crippen molar-refractivity contribution in [2.45, 2.75) is 19.2 Å². The van der Waals surface area contributed by atoms with Gasteiger partial charge in [0.05, 0.1) is 31.1 Å². The number of carbonyl (C=O) groups excluding carboxylic acids is 1. The smallest absolute Gasteiger partial charge is 0.389 e. The second-order valence-electron chi connectivity index (χ2n) is 9.04. The van der Waals surface area contributed by atoms with Crippen molar-refractivity contribution < 1.29 is 27.8 Å². The number of nitrogens with zero attached hydrogens (tertiary/aromatic N) is 5. The van der Waals surface area contributed by atoms with Crippen molar-refractivity contribution in [2.75, 3.05) is 54.5 Å². The van der Waals surface area contributed by atoms with E-state index in [1.807, 2.05) is 30.0 Å². The number of aromatic nitrogens is 3. The second kappa shape index (κ2) is 9.94. The Kier molecular flexibility index (Phi) is 6.69. The van der Waals surface area contributed by atoms with Crippen molar-refractivity contribution in [3.63, 3.8) is 0 Å². The number of alkyl halides is 3. The van der Waals surface area contributed by atoms with Crippen LogP contribution < -0.4 is 15.1 Å². The van der Waals surface area contributed by atoms with Crippen LogP contribution in [0.5, 0.6) is 0 Å². The summed E-state index contributed by atoms with van der Waals surface area (Å²) in [5.41, 5.74) is 1.58. The van der Waals surface area contributed by atoms with Gasteiger partial charge in [0.15, 0.2) is 5.69 Å². The number of aliphatic hydroxyl groups is 1. The van der Waals surface area contributed by atoms with Crippen LogP contribution in [0.4, 0.5) is 30.5 Å². The molecule has 2 N–H and O–H groups in total. The summed E-state index contributed by atoms with van der Waals surface area (Å²) in [4.78, 5) is 21.7. The molecule has 2 fully saturated rings. The molecule has 3 aromatic rings. The molecule has 2 aromatic heterocycles. The fourth-order valence-electron chi connectivity index (χ4n) is 4.26. The minimum Gasteiger partial charge on any atom is -0.389 e. The molecule has 1 aromatic carbocycles. The predicted molar refractivity (Wildman–Crippen MR) is 131 cm³/mol. The number of hydrogen-bond acceptors (Lipinski definition) is 8. The summed E-state index contributed by atoms with van der Waals surface area (Å²) in [6, 6.07) is 9.88. The third kappa shape index (κ3) is 5.49. The Morgan fingerprint density at radius 3 is 2.46 bits per heavy atom. The first-order chi connectivity index (χ1) is 17.7. The molecule has 5 rings (SSSR count).